The lowest BCUT2D eigenvalue weighted by Gasteiger charge is -2.21. The van der Waals surface area contributed by atoms with Crippen LogP contribution in [-0.4, -0.2) is 13.1 Å². The summed E-state index contributed by atoms with van der Waals surface area (Å²) in [5, 5.41) is 0. The van der Waals surface area contributed by atoms with Gasteiger partial charge < -0.3 is 4.90 Å². The summed E-state index contributed by atoms with van der Waals surface area (Å²) >= 11 is 0. The van der Waals surface area contributed by atoms with Gasteiger partial charge in [0, 0.05) is 18.8 Å². The van der Waals surface area contributed by atoms with Gasteiger partial charge in [0.25, 0.3) is 0 Å². The highest BCUT2D eigenvalue weighted by molar-refractivity contribution is 5.64. The Morgan fingerprint density at radius 1 is 1.18 bits per heavy atom. The number of unbranched alkanes of at least 4 members (excludes halogenated alkanes) is 1. The van der Waals surface area contributed by atoms with E-state index in [4.69, 9.17) is 0 Å². The first kappa shape index (κ1) is 12.5. The monoisotopic (exact) mass is 231 g/mol. The molecule has 17 heavy (non-hydrogen) atoms. The minimum atomic E-state index is 1.23. The maximum Gasteiger partial charge on any atom is 0.0429 e. The van der Waals surface area contributed by atoms with Crippen LogP contribution in [0.15, 0.2) is 12.1 Å². The fourth-order valence-corrected chi connectivity index (χ4v) is 2.95. The average molecular weight is 231 g/mol. The van der Waals surface area contributed by atoms with E-state index >= 15 is 0 Å². The van der Waals surface area contributed by atoms with E-state index in [-0.39, 0.29) is 0 Å². The van der Waals surface area contributed by atoms with E-state index in [1.807, 2.05) is 0 Å². The summed E-state index contributed by atoms with van der Waals surface area (Å²) in [6, 6.07) is 4.84. The highest BCUT2D eigenvalue weighted by Crippen LogP contribution is 2.33. The molecule has 1 heteroatoms. The molecule has 94 valence electrons. The molecule has 0 radical (unpaired) electrons. The molecule has 1 aliphatic rings. The van der Waals surface area contributed by atoms with Crippen molar-refractivity contribution in [2.24, 2.45) is 0 Å². The Balaban J connectivity index is 2.21. The third kappa shape index (κ3) is 2.65. The molecule has 0 spiro atoms. The zero-order valence-corrected chi connectivity index (χ0v) is 11.6. The van der Waals surface area contributed by atoms with Gasteiger partial charge >= 0.3 is 0 Å². The summed E-state index contributed by atoms with van der Waals surface area (Å²) in [7, 11) is 0. The van der Waals surface area contributed by atoms with E-state index in [0.717, 1.165) is 0 Å². The van der Waals surface area contributed by atoms with Crippen LogP contribution < -0.4 is 4.90 Å². The van der Waals surface area contributed by atoms with Crippen LogP contribution in [-0.2, 0) is 12.8 Å². The summed E-state index contributed by atoms with van der Waals surface area (Å²) in [5.74, 6) is 0. The standard InChI is InChI=1S/C16H25N/c1-4-6-9-17-10-8-15-12-14(7-5-2)11-13(3)16(15)17/h11-12H,4-10H2,1-3H3. The van der Waals surface area contributed by atoms with Gasteiger partial charge in [-0.2, -0.15) is 0 Å². The lowest BCUT2D eigenvalue weighted by molar-refractivity contribution is 0.735. The van der Waals surface area contributed by atoms with Crippen molar-refractivity contribution < 1.29 is 0 Å². The quantitative estimate of drug-likeness (QED) is 0.737. The molecule has 0 bridgehead atoms. The van der Waals surface area contributed by atoms with Crippen molar-refractivity contribution in [1.82, 2.24) is 0 Å². The summed E-state index contributed by atoms with van der Waals surface area (Å²) < 4.78 is 0. The van der Waals surface area contributed by atoms with Gasteiger partial charge in [-0.15, -0.1) is 0 Å². The fourth-order valence-electron chi connectivity index (χ4n) is 2.95. The van der Waals surface area contributed by atoms with Crippen molar-refractivity contribution in [1.29, 1.82) is 0 Å². The Morgan fingerprint density at radius 2 is 2.00 bits per heavy atom. The Kier molecular flexibility index (Phi) is 4.09. The predicted octanol–water partition coefficient (Wildman–Crippen LogP) is 4.11. The van der Waals surface area contributed by atoms with Crippen LogP contribution in [0.3, 0.4) is 0 Å². The van der Waals surface area contributed by atoms with Crippen molar-refractivity contribution in [3.05, 3.63) is 28.8 Å². The molecule has 2 rings (SSSR count). The second kappa shape index (κ2) is 5.57. The molecule has 0 unspecified atom stereocenters. The molecule has 0 fully saturated rings. The van der Waals surface area contributed by atoms with E-state index < -0.39 is 0 Å². The van der Waals surface area contributed by atoms with E-state index in [0.29, 0.717) is 0 Å². The largest absolute Gasteiger partial charge is 0.371 e. The van der Waals surface area contributed by atoms with Crippen LogP contribution >= 0.6 is 0 Å². The molecule has 0 aromatic heterocycles. The molecule has 1 nitrogen and oxygen atoms in total. The van der Waals surface area contributed by atoms with Crippen LogP contribution in [0.2, 0.25) is 0 Å². The topological polar surface area (TPSA) is 3.24 Å². The molecular weight excluding hydrogens is 206 g/mol. The number of benzene rings is 1. The predicted molar refractivity (Wildman–Crippen MR) is 76.0 cm³/mol. The molecular formula is C16H25N. The average Bonchev–Trinajstić information content (AvgIpc) is 2.70. The van der Waals surface area contributed by atoms with Gasteiger partial charge in [-0.05, 0) is 42.9 Å². The summed E-state index contributed by atoms with van der Waals surface area (Å²) in [6.45, 7) is 9.27. The highest BCUT2D eigenvalue weighted by Gasteiger charge is 2.20. The van der Waals surface area contributed by atoms with Crippen molar-refractivity contribution in [3.63, 3.8) is 0 Å². The van der Waals surface area contributed by atoms with Crippen molar-refractivity contribution >= 4 is 5.69 Å². The number of rotatable bonds is 5. The normalized spacial score (nSPS) is 14.2. The first-order valence-electron chi connectivity index (χ1n) is 7.13. The minimum absolute atomic E-state index is 1.23. The Bertz CT molecular complexity index is 381. The smallest absolute Gasteiger partial charge is 0.0429 e. The highest BCUT2D eigenvalue weighted by atomic mass is 15.1. The lowest BCUT2D eigenvalue weighted by atomic mass is 10.0. The van der Waals surface area contributed by atoms with Crippen molar-refractivity contribution in [2.75, 3.05) is 18.0 Å². The van der Waals surface area contributed by atoms with E-state index in [1.54, 1.807) is 11.3 Å². The molecule has 0 saturated heterocycles. The Labute approximate surface area is 106 Å². The maximum atomic E-state index is 2.59. The van der Waals surface area contributed by atoms with Gasteiger partial charge in [0.05, 0.1) is 0 Å². The summed E-state index contributed by atoms with van der Waals surface area (Å²) in [6.07, 6.45) is 6.33. The molecule has 0 N–H and O–H groups in total. The van der Waals surface area contributed by atoms with Crippen LogP contribution in [0.4, 0.5) is 5.69 Å². The first-order chi connectivity index (χ1) is 8.26. The third-order valence-electron chi connectivity index (χ3n) is 3.73. The van der Waals surface area contributed by atoms with Crippen LogP contribution in [0.5, 0.6) is 0 Å². The Hall–Kier alpha value is -0.980. The SMILES string of the molecule is CCCCN1CCc2cc(CCC)cc(C)c21. The summed E-state index contributed by atoms with van der Waals surface area (Å²) in [4.78, 5) is 2.59. The number of nitrogens with zero attached hydrogens (tertiary/aromatic N) is 1. The van der Waals surface area contributed by atoms with Gasteiger partial charge in [-0.1, -0.05) is 38.8 Å². The fraction of sp³-hybridized carbons (Fsp3) is 0.625. The van der Waals surface area contributed by atoms with E-state index in [9.17, 15) is 0 Å². The number of fused-ring (bicyclic) bond motifs is 1. The van der Waals surface area contributed by atoms with Crippen LogP contribution in [0.1, 0.15) is 49.8 Å². The van der Waals surface area contributed by atoms with Gasteiger partial charge in [0.15, 0.2) is 0 Å². The van der Waals surface area contributed by atoms with Crippen molar-refractivity contribution in [3.8, 4) is 0 Å². The molecule has 1 aromatic rings. The van der Waals surface area contributed by atoms with Gasteiger partial charge in [-0.25, -0.2) is 0 Å². The molecule has 0 saturated carbocycles. The number of aryl methyl sites for hydroxylation is 2. The number of hydrogen-bond acceptors (Lipinski definition) is 1. The minimum Gasteiger partial charge on any atom is -0.371 e. The van der Waals surface area contributed by atoms with Gasteiger partial charge in [0.2, 0.25) is 0 Å². The van der Waals surface area contributed by atoms with Crippen molar-refractivity contribution in [2.45, 2.75) is 52.9 Å². The molecule has 0 atom stereocenters. The number of hydrogen-bond donors (Lipinski definition) is 0. The molecule has 1 aromatic carbocycles. The van der Waals surface area contributed by atoms with Gasteiger partial charge in [0.1, 0.15) is 0 Å². The molecule has 1 heterocycles. The second-order valence-electron chi connectivity index (χ2n) is 5.26. The summed E-state index contributed by atoms with van der Waals surface area (Å²) in [5.41, 5.74) is 6.14. The van der Waals surface area contributed by atoms with Gasteiger partial charge in [-0.3, -0.25) is 0 Å². The van der Waals surface area contributed by atoms with Crippen LogP contribution in [0, 0.1) is 6.92 Å². The zero-order chi connectivity index (χ0) is 12.3. The second-order valence-corrected chi connectivity index (χ2v) is 5.26. The third-order valence-corrected chi connectivity index (χ3v) is 3.73. The van der Waals surface area contributed by atoms with Crippen LogP contribution in [0.25, 0.3) is 0 Å². The first-order valence-corrected chi connectivity index (χ1v) is 7.13. The lowest BCUT2D eigenvalue weighted by Crippen LogP contribution is -2.22. The molecule has 0 aliphatic carbocycles. The zero-order valence-electron chi connectivity index (χ0n) is 11.6. The molecule has 0 amide bonds. The number of anilines is 1. The maximum absolute atomic E-state index is 2.59. The Morgan fingerprint density at radius 3 is 2.71 bits per heavy atom. The molecule has 1 aliphatic heterocycles. The van der Waals surface area contributed by atoms with E-state index in [2.05, 4.69) is 37.8 Å². The van der Waals surface area contributed by atoms with E-state index in [1.165, 1.54) is 56.3 Å².